The first-order chi connectivity index (χ1) is 12.4. The molecule has 0 radical (unpaired) electrons. The van der Waals surface area contributed by atoms with Crippen LogP contribution < -0.4 is 9.47 Å². The summed E-state index contributed by atoms with van der Waals surface area (Å²) in [6, 6.07) is 8.02. The molecule has 2 aromatic carbocycles. The van der Waals surface area contributed by atoms with Crippen LogP contribution >= 0.6 is 11.6 Å². The Morgan fingerprint density at radius 1 is 1.08 bits per heavy atom. The largest absolute Gasteiger partial charge is 0.495 e. The van der Waals surface area contributed by atoms with Gasteiger partial charge in [-0.1, -0.05) is 11.6 Å². The number of esters is 1. The fraction of sp³-hybridized carbons (Fsp3) is 0.176. The summed E-state index contributed by atoms with van der Waals surface area (Å²) in [5, 5.41) is 11.4. The number of Topliss-reactive ketones (excluding diaryl/α,β-unsaturated/α-hetero) is 1. The molecule has 9 heteroatoms. The third kappa shape index (κ3) is 4.28. The highest BCUT2D eigenvalue weighted by atomic mass is 35.5. The monoisotopic (exact) mass is 379 g/mol. The number of methoxy groups -OCH3 is 2. The Bertz CT molecular complexity index is 866. The number of ether oxygens (including phenoxy) is 3. The van der Waals surface area contributed by atoms with Crippen molar-refractivity contribution in [1.82, 2.24) is 0 Å². The molecule has 26 heavy (non-hydrogen) atoms. The van der Waals surface area contributed by atoms with E-state index in [1.54, 1.807) is 0 Å². The lowest BCUT2D eigenvalue weighted by Crippen LogP contribution is -2.13. The van der Waals surface area contributed by atoms with Gasteiger partial charge in [-0.2, -0.15) is 0 Å². The number of hydrogen-bond acceptors (Lipinski definition) is 7. The van der Waals surface area contributed by atoms with E-state index in [0.29, 0.717) is 5.75 Å². The van der Waals surface area contributed by atoms with Gasteiger partial charge in [-0.3, -0.25) is 14.9 Å². The second-order valence-corrected chi connectivity index (χ2v) is 5.40. The van der Waals surface area contributed by atoms with Crippen molar-refractivity contribution in [2.45, 2.75) is 0 Å². The summed E-state index contributed by atoms with van der Waals surface area (Å²) in [7, 11) is 2.61. The van der Waals surface area contributed by atoms with Gasteiger partial charge >= 0.3 is 11.7 Å². The number of hydrogen-bond donors (Lipinski definition) is 0. The van der Waals surface area contributed by atoms with Crippen LogP contribution in [0.5, 0.6) is 11.5 Å². The van der Waals surface area contributed by atoms with E-state index in [0.717, 1.165) is 13.2 Å². The number of ketones is 1. The van der Waals surface area contributed by atoms with Gasteiger partial charge < -0.3 is 14.2 Å². The highest BCUT2D eigenvalue weighted by molar-refractivity contribution is 6.32. The van der Waals surface area contributed by atoms with Crippen molar-refractivity contribution < 1.29 is 28.7 Å². The van der Waals surface area contributed by atoms with Gasteiger partial charge in [0.25, 0.3) is 0 Å². The topological polar surface area (TPSA) is 105 Å². The Labute approximate surface area is 153 Å². The zero-order chi connectivity index (χ0) is 19.3. The molecule has 0 heterocycles. The van der Waals surface area contributed by atoms with E-state index < -0.39 is 29.0 Å². The Hall–Kier alpha value is -3.13. The summed E-state index contributed by atoms with van der Waals surface area (Å²) < 4.78 is 14.8. The number of halogens is 1. The first-order valence-electron chi connectivity index (χ1n) is 7.23. The molecule has 0 unspecified atom stereocenters. The average molecular weight is 380 g/mol. The number of rotatable bonds is 7. The molecule has 0 saturated carbocycles. The van der Waals surface area contributed by atoms with Gasteiger partial charge in [0.2, 0.25) is 0 Å². The Kier molecular flexibility index (Phi) is 6.13. The van der Waals surface area contributed by atoms with Crippen LogP contribution in [-0.4, -0.2) is 37.5 Å². The molecule has 2 rings (SSSR count). The second-order valence-electron chi connectivity index (χ2n) is 4.99. The SMILES string of the molecule is COC(=O)c1ccc(OCC(=O)c2ccc(OC)c(Cl)c2)c([N+](=O)[O-])c1. The summed E-state index contributed by atoms with van der Waals surface area (Å²) >= 11 is 5.97. The van der Waals surface area contributed by atoms with Gasteiger partial charge in [0.05, 0.1) is 29.7 Å². The number of carbonyl (C=O) groups is 2. The van der Waals surface area contributed by atoms with Crippen LogP contribution in [0.2, 0.25) is 5.02 Å². The molecule has 0 aliphatic heterocycles. The fourth-order valence-corrected chi connectivity index (χ4v) is 2.35. The highest BCUT2D eigenvalue weighted by Gasteiger charge is 2.20. The number of nitro groups is 1. The van der Waals surface area contributed by atoms with E-state index >= 15 is 0 Å². The lowest BCUT2D eigenvalue weighted by atomic mass is 10.1. The first kappa shape index (κ1) is 19.2. The molecule has 0 atom stereocenters. The molecule has 8 nitrogen and oxygen atoms in total. The van der Waals surface area contributed by atoms with E-state index in [4.69, 9.17) is 21.1 Å². The van der Waals surface area contributed by atoms with Crippen molar-refractivity contribution in [3.63, 3.8) is 0 Å². The first-order valence-corrected chi connectivity index (χ1v) is 7.61. The molecule has 136 valence electrons. The van der Waals surface area contributed by atoms with Gasteiger partial charge in [-0.25, -0.2) is 4.79 Å². The molecular weight excluding hydrogens is 366 g/mol. The van der Waals surface area contributed by atoms with Gasteiger partial charge in [0.15, 0.2) is 18.1 Å². The Balaban J connectivity index is 2.18. The Morgan fingerprint density at radius 2 is 1.73 bits per heavy atom. The summed E-state index contributed by atoms with van der Waals surface area (Å²) in [6.45, 7) is -0.443. The van der Waals surface area contributed by atoms with Crippen LogP contribution in [0.4, 0.5) is 5.69 Å². The molecule has 0 aromatic heterocycles. The van der Waals surface area contributed by atoms with Crippen LogP contribution in [-0.2, 0) is 4.74 Å². The maximum absolute atomic E-state index is 12.2. The van der Waals surface area contributed by atoms with Crippen LogP contribution in [0, 0.1) is 10.1 Å². The van der Waals surface area contributed by atoms with Crippen molar-refractivity contribution >= 4 is 29.0 Å². The van der Waals surface area contributed by atoms with Crippen LogP contribution in [0.3, 0.4) is 0 Å². The molecular formula is C17H14ClNO7. The van der Waals surface area contributed by atoms with Gasteiger partial charge in [0, 0.05) is 11.6 Å². The molecule has 0 saturated heterocycles. The molecule has 0 aliphatic carbocycles. The predicted molar refractivity (Wildman–Crippen MR) is 92.3 cm³/mol. The number of carbonyl (C=O) groups excluding carboxylic acids is 2. The van der Waals surface area contributed by atoms with E-state index in [1.807, 2.05) is 0 Å². The molecule has 0 aliphatic rings. The van der Waals surface area contributed by atoms with Gasteiger partial charge in [-0.15, -0.1) is 0 Å². The maximum Gasteiger partial charge on any atom is 0.338 e. The van der Waals surface area contributed by atoms with Crippen molar-refractivity contribution in [3.05, 3.63) is 62.7 Å². The zero-order valence-electron chi connectivity index (χ0n) is 13.9. The van der Waals surface area contributed by atoms with E-state index in [-0.39, 0.29) is 21.9 Å². The van der Waals surface area contributed by atoms with Crippen molar-refractivity contribution in [2.24, 2.45) is 0 Å². The summed E-state index contributed by atoms with van der Waals surface area (Å²) in [6.07, 6.45) is 0. The minimum atomic E-state index is -0.719. The standard InChI is InChI=1S/C17H14ClNO7/c1-24-15-5-3-10(7-12(15)18)14(20)9-26-16-6-4-11(17(21)25-2)8-13(16)19(22)23/h3-8H,9H2,1-2H3. The molecule has 0 N–H and O–H groups in total. The Morgan fingerprint density at radius 3 is 2.31 bits per heavy atom. The summed E-state index contributed by atoms with van der Waals surface area (Å²) in [4.78, 5) is 34.1. The lowest BCUT2D eigenvalue weighted by Gasteiger charge is -2.08. The summed E-state index contributed by atoms with van der Waals surface area (Å²) in [5.41, 5.74) is -0.182. The third-order valence-corrected chi connectivity index (χ3v) is 3.70. The van der Waals surface area contributed by atoms with Gasteiger partial charge in [0.1, 0.15) is 5.75 Å². The molecule has 0 fully saturated rings. The summed E-state index contributed by atoms with van der Waals surface area (Å²) in [5.74, 6) is -0.877. The predicted octanol–water partition coefficient (Wildman–Crippen LogP) is 3.31. The minimum absolute atomic E-state index is 0.000173. The van der Waals surface area contributed by atoms with E-state index in [1.165, 1.54) is 37.4 Å². The molecule has 0 bridgehead atoms. The van der Waals surface area contributed by atoms with Crippen LogP contribution in [0.1, 0.15) is 20.7 Å². The van der Waals surface area contributed by atoms with Crippen LogP contribution in [0.15, 0.2) is 36.4 Å². The van der Waals surface area contributed by atoms with Crippen molar-refractivity contribution in [3.8, 4) is 11.5 Å². The van der Waals surface area contributed by atoms with Crippen molar-refractivity contribution in [2.75, 3.05) is 20.8 Å². The number of benzene rings is 2. The maximum atomic E-state index is 12.2. The minimum Gasteiger partial charge on any atom is -0.495 e. The number of nitrogens with zero attached hydrogens (tertiary/aromatic N) is 1. The fourth-order valence-electron chi connectivity index (χ4n) is 2.09. The highest BCUT2D eigenvalue weighted by Crippen LogP contribution is 2.29. The lowest BCUT2D eigenvalue weighted by molar-refractivity contribution is -0.385. The van der Waals surface area contributed by atoms with Crippen LogP contribution in [0.25, 0.3) is 0 Å². The van der Waals surface area contributed by atoms with Gasteiger partial charge in [-0.05, 0) is 30.3 Å². The van der Waals surface area contributed by atoms with E-state index in [9.17, 15) is 19.7 Å². The number of nitro benzene ring substituents is 1. The van der Waals surface area contributed by atoms with E-state index in [2.05, 4.69) is 4.74 Å². The van der Waals surface area contributed by atoms with Crippen molar-refractivity contribution in [1.29, 1.82) is 0 Å². The molecule has 0 spiro atoms. The smallest absolute Gasteiger partial charge is 0.338 e. The molecule has 2 aromatic rings. The third-order valence-electron chi connectivity index (χ3n) is 3.41. The average Bonchev–Trinajstić information content (AvgIpc) is 2.65. The molecule has 0 amide bonds. The second kappa shape index (κ2) is 8.30. The zero-order valence-corrected chi connectivity index (χ0v) is 14.6. The normalized spacial score (nSPS) is 10.1. The quantitative estimate of drug-likeness (QED) is 0.314.